The van der Waals surface area contributed by atoms with Crippen LogP contribution in [-0.2, 0) is 0 Å². The lowest BCUT2D eigenvalue weighted by molar-refractivity contribution is 0.411. The molecule has 0 radical (unpaired) electrons. The summed E-state index contributed by atoms with van der Waals surface area (Å²) in [6.07, 6.45) is 12.7. The van der Waals surface area contributed by atoms with E-state index in [1.807, 2.05) is 12.3 Å². The van der Waals surface area contributed by atoms with Crippen molar-refractivity contribution in [2.75, 3.05) is 7.05 Å². The zero-order valence-electron chi connectivity index (χ0n) is 10.9. The minimum atomic E-state index is 0.811. The first-order valence-corrected chi connectivity index (χ1v) is 6.28. The van der Waals surface area contributed by atoms with Gasteiger partial charge in [-0.15, -0.1) is 0 Å². The Bertz CT molecular complexity index is 182. The molecule has 2 atom stereocenters. The summed E-state index contributed by atoms with van der Waals surface area (Å²) >= 11 is 0. The monoisotopic (exact) mass is 209 g/mol. The van der Waals surface area contributed by atoms with Crippen LogP contribution >= 0.6 is 0 Å². The summed E-state index contributed by atoms with van der Waals surface area (Å²) in [4.78, 5) is 3.92. The van der Waals surface area contributed by atoms with Crippen LogP contribution < -0.4 is 0 Å². The quantitative estimate of drug-likeness (QED) is 0.522. The maximum atomic E-state index is 3.92. The van der Waals surface area contributed by atoms with E-state index in [0.29, 0.717) is 0 Å². The number of rotatable bonds is 8. The van der Waals surface area contributed by atoms with Crippen LogP contribution in [-0.4, -0.2) is 13.3 Å². The minimum absolute atomic E-state index is 0.811. The maximum absolute atomic E-state index is 3.92. The SMILES string of the molecule is CCCC(C)CCC(C)C/C=C\C=NC. The van der Waals surface area contributed by atoms with Gasteiger partial charge in [0, 0.05) is 13.3 Å². The van der Waals surface area contributed by atoms with Gasteiger partial charge in [-0.25, -0.2) is 0 Å². The Balaban J connectivity index is 3.52. The van der Waals surface area contributed by atoms with Crippen LogP contribution in [0.15, 0.2) is 17.1 Å². The highest BCUT2D eigenvalue weighted by Gasteiger charge is 2.04. The fraction of sp³-hybridized carbons (Fsp3) is 0.786. The molecule has 0 bridgehead atoms. The predicted molar refractivity (Wildman–Crippen MR) is 70.6 cm³/mol. The summed E-state index contributed by atoms with van der Waals surface area (Å²) in [6, 6.07) is 0. The van der Waals surface area contributed by atoms with E-state index in [-0.39, 0.29) is 0 Å². The van der Waals surface area contributed by atoms with Gasteiger partial charge < -0.3 is 0 Å². The average Bonchev–Trinajstić information content (AvgIpc) is 2.22. The molecule has 0 aliphatic carbocycles. The lowest BCUT2D eigenvalue weighted by atomic mass is 9.93. The summed E-state index contributed by atoms with van der Waals surface area (Å²) in [6.45, 7) is 6.98. The predicted octanol–water partition coefficient (Wildman–Crippen LogP) is 4.49. The molecule has 0 aliphatic heterocycles. The summed E-state index contributed by atoms with van der Waals surface area (Å²) < 4.78 is 0. The van der Waals surface area contributed by atoms with Crippen molar-refractivity contribution in [1.82, 2.24) is 0 Å². The highest BCUT2D eigenvalue weighted by Crippen LogP contribution is 2.18. The third kappa shape index (κ3) is 9.71. The lowest BCUT2D eigenvalue weighted by Crippen LogP contribution is -1.99. The summed E-state index contributed by atoms with van der Waals surface area (Å²) in [5.41, 5.74) is 0. The molecule has 0 spiro atoms. The van der Waals surface area contributed by atoms with Gasteiger partial charge in [-0.2, -0.15) is 0 Å². The van der Waals surface area contributed by atoms with Crippen LogP contribution in [0.25, 0.3) is 0 Å². The van der Waals surface area contributed by atoms with Gasteiger partial charge in [0.05, 0.1) is 0 Å². The lowest BCUT2D eigenvalue weighted by Gasteiger charge is -2.13. The highest BCUT2D eigenvalue weighted by molar-refractivity contribution is 5.70. The Kier molecular flexibility index (Phi) is 9.55. The van der Waals surface area contributed by atoms with Gasteiger partial charge in [0.25, 0.3) is 0 Å². The number of hydrogen-bond donors (Lipinski definition) is 0. The van der Waals surface area contributed by atoms with Crippen molar-refractivity contribution in [3.63, 3.8) is 0 Å². The molecule has 88 valence electrons. The zero-order valence-corrected chi connectivity index (χ0v) is 10.9. The smallest absolute Gasteiger partial charge is 0.0277 e. The Morgan fingerprint density at radius 3 is 2.33 bits per heavy atom. The molecule has 0 fully saturated rings. The van der Waals surface area contributed by atoms with E-state index in [0.717, 1.165) is 11.8 Å². The van der Waals surface area contributed by atoms with Crippen molar-refractivity contribution in [1.29, 1.82) is 0 Å². The molecule has 0 heterocycles. The molecular formula is C14H27N. The van der Waals surface area contributed by atoms with Gasteiger partial charge in [-0.05, 0) is 24.3 Å². The van der Waals surface area contributed by atoms with Crippen molar-refractivity contribution < 1.29 is 0 Å². The fourth-order valence-corrected chi connectivity index (χ4v) is 1.78. The normalized spacial score (nSPS) is 16.3. The molecule has 0 saturated carbocycles. The zero-order chi connectivity index (χ0) is 11.5. The Labute approximate surface area is 95.7 Å². The van der Waals surface area contributed by atoms with E-state index in [1.54, 1.807) is 7.05 Å². The summed E-state index contributed by atoms with van der Waals surface area (Å²) in [5.74, 6) is 1.71. The van der Waals surface area contributed by atoms with Gasteiger partial charge in [0.15, 0.2) is 0 Å². The fourth-order valence-electron chi connectivity index (χ4n) is 1.78. The standard InChI is InChI=1S/C14H27N/c1-5-8-13(2)10-11-14(3)9-6-7-12-15-4/h6-7,12-14H,5,8-11H2,1-4H3/b7-6-,15-12?. The van der Waals surface area contributed by atoms with E-state index < -0.39 is 0 Å². The third-order valence-corrected chi connectivity index (χ3v) is 2.84. The summed E-state index contributed by atoms with van der Waals surface area (Å²) in [5, 5.41) is 0. The second-order valence-electron chi connectivity index (χ2n) is 4.65. The molecule has 2 unspecified atom stereocenters. The minimum Gasteiger partial charge on any atom is -0.297 e. The molecule has 0 aromatic carbocycles. The Morgan fingerprint density at radius 1 is 1.07 bits per heavy atom. The average molecular weight is 209 g/mol. The van der Waals surface area contributed by atoms with Gasteiger partial charge in [0.1, 0.15) is 0 Å². The molecular weight excluding hydrogens is 182 g/mol. The first kappa shape index (κ1) is 14.4. The molecule has 0 aliphatic rings. The second kappa shape index (κ2) is 9.95. The maximum Gasteiger partial charge on any atom is 0.0277 e. The van der Waals surface area contributed by atoms with E-state index >= 15 is 0 Å². The first-order chi connectivity index (χ1) is 7.20. The molecule has 1 nitrogen and oxygen atoms in total. The van der Waals surface area contributed by atoms with Crippen LogP contribution in [0.5, 0.6) is 0 Å². The van der Waals surface area contributed by atoms with Crippen molar-refractivity contribution in [3.8, 4) is 0 Å². The van der Waals surface area contributed by atoms with E-state index in [1.165, 1.54) is 32.1 Å². The van der Waals surface area contributed by atoms with Crippen molar-refractivity contribution in [3.05, 3.63) is 12.2 Å². The number of allylic oxidation sites excluding steroid dienone is 2. The third-order valence-electron chi connectivity index (χ3n) is 2.84. The molecule has 15 heavy (non-hydrogen) atoms. The Hall–Kier alpha value is -0.590. The molecule has 0 aromatic heterocycles. The molecule has 0 aromatic rings. The van der Waals surface area contributed by atoms with E-state index in [4.69, 9.17) is 0 Å². The highest BCUT2D eigenvalue weighted by atomic mass is 14.6. The Morgan fingerprint density at radius 2 is 1.73 bits per heavy atom. The second-order valence-corrected chi connectivity index (χ2v) is 4.65. The summed E-state index contributed by atoms with van der Waals surface area (Å²) in [7, 11) is 1.81. The molecule has 1 heteroatoms. The van der Waals surface area contributed by atoms with Crippen LogP contribution in [0.4, 0.5) is 0 Å². The molecule has 0 saturated heterocycles. The number of aliphatic imine (C=N–C) groups is 1. The van der Waals surface area contributed by atoms with Gasteiger partial charge in [-0.1, -0.05) is 52.5 Å². The molecule has 0 N–H and O–H groups in total. The first-order valence-electron chi connectivity index (χ1n) is 6.28. The van der Waals surface area contributed by atoms with Crippen LogP contribution in [0.1, 0.15) is 52.9 Å². The van der Waals surface area contributed by atoms with E-state index in [2.05, 4.69) is 31.8 Å². The molecule has 0 amide bonds. The van der Waals surface area contributed by atoms with Gasteiger partial charge >= 0.3 is 0 Å². The van der Waals surface area contributed by atoms with Crippen LogP contribution in [0, 0.1) is 11.8 Å². The topological polar surface area (TPSA) is 12.4 Å². The van der Waals surface area contributed by atoms with Gasteiger partial charge in [0.2, 0.25) is 0 Å². The molecule has 0 rings (SSSR count). The van der Waals surface area contributed by atoms with Crippen molar-refractivity contribution >= 4 is 6.21 Å². The number of hydrogen-bond acceptors (Lipinski definition) is 1. The van der Waals surface area contributed by atoms with Crippen LogP contribution in [0.2, 0.25) is 0 Å². The van der Waals surface area contributed by atoms with Gasteiger partial charge in [-0.3, -0.25) is 4.99 Å². The number of nitrogens with zero attached hydrogens (tertiary/aromatic N) is 1. The van der Waals surface area contributed by atoms with Crippen molar-refractivity contribution in [2.45, 2.75) is 52.9 Å². The van der Waals surface area contributed by atoms with E-state index in [9.17, 15) is 0 Å². The largest absolute Gasteiger partial charge is 0.297 e. The van der Waals surface area contributed by atoms with Crippen molar-refractivity contribution in [2.24, 2.45) is 16.8 Å². The van der Waals surface area contributed by atoms with Crippen LogP contribution in [0.3, 0.4) is 0 Å².